The van der Waals surface area contributed by atoms with E-state index >= 15 is 0 Å². The molecular weight excluding hydrogens is 182 g/mol. The molecule has 0 radical (unpaired) electrons. The highest BCUT2D eigenvalue weighted by Gasteiger charge is 2.04. The molecule has 0 unspecified atom stereocenters. The molecule has 0 spiro atoms. The van der Waals surface area contributed by atoms with E-state index in [4.69, 9.17) is 10.8 Å². The van der Waals surface area contributed by atoms with Crippen LogP contribution in [0.15, 0.2) is 18.7 Å². The number of carbonyl (C=O) groups is 1. The van der Waals surface area contributed by atoms with Gasteiger partial charge in [0.2, 0.25) is 6.33 Å². The molecule has 0 aromatic carbocycles. The Labute approximate surface area is 82.8 Å². The molecule has 0 bridgehead atoms. The molecule has 1 aromatic heterocycles. The number of hydrogen-bond donors (Lipinski definition) is 2. The molecule has 0 aliphatic rings. The van der Waals surface area contributed by atoms with Crippen molar-refractivity contribution in [1.82, 2.24) is 4.57 Å². The lowest BCUT2D eigenvalue weighted by Gasteiger charge is -1.93. The van der Waals surface area contributed by atoms with Gasteiger partial charge in [0.15, 0.2) is 0 Å². The van der Waals surface area contributed by atoms with Crippen molar-refractivity contribution in [2.45, 2.75) is 25.9 Å². The van der Waals surface area contributed by atoms with Crippen LogP contribution in [0.3, 0.4) is 0 Å². The van der Waals surface area contributed by atoms with E-state index in [0.29, 0.717) is 13.1 Å². The zero-order valence-electron chi connectivity index (χ0n) is 8.09. The van der Waals surface area contributed by atoms with Crippen LogP contribution in [0.5, 0.6) is 0 Å². The Hall–Kier alpha value is -1.36. The van der Waals surface area contributed by atoms with E-state index < -0.39 is 5.97 Å². The first-order chi connectivity index (χ1) is 6.72. The fraction of sp³-hybridized carbons (Fsp3) is 0.556. The molecule has 1 rings (SSSR count). The average Bonchev–Trinajstić information content (AvgIpc) is 2.59. The van der Waals surface area contributed by atoms with Gasteiger partial charge in [-0.1, -0.05) is 0 Å². The van der Waals surface area contributed by atoms with Crippen LogP contribution in [0.25, 0.3) is 0 Å². The molecule has 5 nitrogen and oxygen atoms in total. The molecule has 0 fully saturated rings. The minimum absolute atomic E-state index is 0.158. The summed E-state index contributed by atoms with van der Waals surface area (Å²) in [4.78, 5) is 10.3. The van der Waals surface area contributed by atoms with E-state index in [0.717, 1.165) is 13.0 Å². The van der Waals surface area contributed by atoms with E-state index in [1.165, 1.54) is 0 Å². The summed E-state index contributed by atoms with van der Waals surface area (Å²) in [5, 5.41) is 8.49. The zero-order chi connectivity index (χ0) is 10.4. The van der Waals surface area contributed by atoms with Gasteiger partial charge in [0.1, 0.15) is 18.9 Å². The van der Waals surface area contributed by atoms with Gasteiger partial charge in [-0.3, -0.25) is 4.79 Å². The van der Waals surface area contributed by atoms with Gasteiger partial charge in [-0.25, -0.2) is 9.13 Å². The minimum atomic E-state index is -0.771. The van der Waals surface area contributed by atoms with Crippen LogP contribution in [0.2, 0.25) is 0 Å². The number of imidazole rings is 1. The fourth-order valence-corrected chi connectivity index (χ4v) is 1.20. The summed E-state index contributed by atoms with van der Waals surface area (Å²) >= 11 is 0. The van der Waals surface area contributed by atoms with E-state index in [-0.39, 0.29) is 6.42 Å². The largest absolute Gasteiger partial charge is 0.481 e. The number of aliphatic carboxylic acids is 1. The van der Waals surface area contributed by atoms with Crippen LogP contribution in [-0.2, 0) is 17.9 Å². The minimum Gasteiger partial charge on any atom is -0.481 e. The SMILES string of the molecule is NCCC[n+]1ccn(CCC(=O)O)c1. The lowest BCUT2D eigenvalue weighted by molar-refractivity contribution is -0.696. The van der Waals surface area contributed by atoms with Crippen LogP contribution in [-0.4, -0.2) is 22.2 Å². The molecule has 14 heavy (non-hydrogen) atoms. The number of carboxylic acids is 1. The molecule has 3 N–H and O–H groups in total. The Morgan fingerprint density at radius 3 is 3.00 bits per heavy atom. The molecule has 1 aromatic rings. The first-order valence-electron chi connectivity index (χ1n) is 4.69. The molecule has 0 saturated carbocycles. The maximum atomic E-state index is 10.3. The fourth-order valence-electron chi connectivity index (χ4n) is 1.20. The smallest absolute Gasteiger partial charge is 0.307 e. The van der Waals surface area contributed by atoms with E-state index in [1.807, 2.05) is 27.9 Å². The van der Waals surface area contributed by atoms with Crippen molar-refractivity contribution in [1.29, 1.82) is 0 Å². The Bertz CT molecular complexity index is 296. The van der Waals surface area contributed by atoms with Crippen molar-refractivity contribution in [3.63, 3.8) is 0 Å². The van der Waals surface area contributed by atoms with Crippen molar-refractivity contribution in [3.05, 3.63) is 18.7 Å². The van der Waals surface area contributed by atoms with Crippen molar-refractivity contribution >= 4 is 5.97 Å². The highest BCUT2D eigenvalue weighted by molar-refractivity contribution is 5.66. The second-order valence-corrected chi connectivity index (χ2v) is 3.18. The highest BCUT2D eigenvalue weighted by atomic mass is 16.4. The second kappa shape index (κ2) is 5.39. The van der Waals surface area contributed by atoms with Crippen molar-refractivity contribution in [2.24, 2.45) is 5.73 Å². The number of carboxylic acid groups (broad SMARTS) is 1. The van der Waals surface area contributed by atoms with E-state index in [9.17, 15) is 4.79 Å². The van der Waals surface area contributed by atoms with Crippen LogP contribution in [0.1, 0.15) is 12.8 Å². The van der Waals surface area contributed by atoms with Crippen LogP contribution >= 0.6 is 0 Å². The maximum Gasteiger partial charge on any atom is 0.307 e. The predicted octanol–water partition coefficient (Wildman–Crippen LogP) is -0.401. The quantitative estimate of drug-likeness (QED) is 0.611. The maximum absolute atomic E-state index is 10.3. The van der Waals surface area contributed by atoms with E-state index in [1.54, 1.807) is 0 Å². The summed E-state index contributed by atoms with van der Waals surface area (Å²) in [6.07, 6.45) is 6.80. The molecule has 78 valence electrons. The third kappa shape index (κ3) is 3.57. The molecule has 0 atom stereocenters. The second-order valence-electron chi connectivity index (χ2n) is 3.18. The van der Waals surface area contributed by atoms with Crippen LogP contribution < -0.4 is 10.3 Å². The van der Waals surface area contributed by atoms with Gasteiger partial charge in [0.05, 0.1) is 13.0 Å². The third-order valence-corrected chi connectivity index (χ3v) is 1.95. The summed E-state index contributed by atoms with van der Waals surface area (Å²) in [7, 11) is 0. The van der Waals surface area contributed by atoms with Crippen LogP contribution in [0, 0.1) is 0 Å². The molecule has 0 aliphatic carbocycles. The normalized spacial score (nSPS) is 10.4. The first kappa shape index (κ1) is 10.7. The zero-order valence-corrected chi connectivity index (χ0v) is 8.09. The summed E-state index contributed by atoms with van der Waals surface area (Å²) in [5.41, 5.74) is 5.38. The molecule has 0 saturated heterocycles. The van der Waals surface area contributed by atoms with Gasteiger partial charge >= 0.3 is 5.97 Å². The van der Waals surface area contributed by atoms with E-state index in [2.05, 4.69) is 0 Å². The lowest BCUT2D eigenvalue weighted by atomic mass is 10.4. The van der Waals surface area contributed by atoms with Crippen molar-refractivity contribution in [3.8, 4) is 0 Å². The molecule has 1 heterocycles. The van der Waals surface area contributed by atoms with Gasteiger partial charge in [0, 0.05) is 0 Å². The molecule has 5 heteroatoms. The standard InChI is InChI=1S/C9H15N3O2/c10-3-1-4-11-6-7-12(8-11)5-2-9(13)14/h6-8H,1-5,10H2/p+1. The number of nitrogens with two attached hydrogens (primary N) is 1. The predicted molar refractivity (Wildman–Crippen MR) is 50.6 cm³/mol. The summed E-state index contributed by atoms with van der Waals surface area (Å²) in [5.74, 6) is -0.771. The van der Waals surface area contributed by atoms with Gasteiger partial charge in [-0.2, -0.15) is 0 Å². The number of rotatable bonds is 6. The molecular formula is C9H16N3O2+. The topological polar surface area (TPSA) is 72.1 Å². The molecule has 0 amide bonds. The highest BCUT2D eigenvalue weighted by Crippen LogP contribution is 1.89. The van der Waals surface area contributed by atoms with Gasteiger partial charge in [-0.15, -0.1) is 0 Å². The van der Waals surface area contributed by atoms with Gasteiger partial charge in [0.25, 0.3) is 0 Å². The van der Waals surface area contributed by atoms with Crippen molar-refractivity contribution < 1.29 is 14.5 Å². The monoisotopic (exact) mass is 198 g/mol. The summed E-state index contributed by atoms with van der Waals surface area (Å²) < 4.78 is 3.87. The Balaban J connectivity index is 2.38. The van der Waals surface area contributed by atoms with Gasteiger partial charge < -0.3 is 10.8 Å². The summed E-state index contributed by atoms with van der Waals surface area (Å²) in [6.45, 7) is 2.08. The van der Waals surface area contributed by atoms with Gasteiger partial charge in [-0.05, 0) is 13.0 Å². The summed E-state index contributed by atoms with van der Waals surface area (Å²) in [6, 6.07) is 0. The third-order valence-electron chi connectivity index (χ3n) is 1.95. The average molecular weight is 198 g/mol. The number of aromatic nitrogens is 2. The van der Waals surface area contributed by atoms with Crippen LogP contribution in [0.4, 0.5) is 0 Å². The lowest BCUT2D eigenvalue weighted by Crippen LogP contribution is -2.32. The Morgan fingerprint density at radius 2 is 2.36 bits per heavy atom. The number of hydrogen-bond acceptors (Lipinski definition) is 2. The number of nitrogens with zero attached hydrogens (tertiary/aromatic N) is 2. The molecule has 0 aliphatic heterocycles. The Kier molecular flexibility index (Phi) is 4.12. The first-order valence-corrected chi connectivity index (χ1v) is 4.69. The number of aryl methyl sites for hydroxylation is 2. The van der Waals surface area contributed by atoms with Crippen molar-refractivity contribution in [2.75, 3.05) is 6.54 Å². The Morgan fingerprint density at radius 1 is 1.57 bits per heavy atom.